The number of allylic oxidation sites excluding steroid dienone is 1. The van der Waals surface area contributed by atoms with Crippen LogP contribution < -0.4 is 0 Å². The van der Waals surface area contributed by atoms with Gasteiger partial charge in [-0.1, -0.05) is 33.3 Å². The van der Waals surface area contributed by atoms with E-state index >= 15 is 0 Å². The van der Waals surface area contributed by atoms with Gasteiger partial charge in [0.1, 0.15) is 0 Å². The normalized spacial score (nSPS) is 25.6. The molecule has 0 N–H and O–H groups in total. The minimum absolute atomic E-state index is 0.340. The lowest BCUT2D eigenvalue weighted by atomic mass is 10.0. The molecule has 0 saturated heterocycles. The topological polar surface area (TPSA) is 33.0 Å². The Bertz CT molecular complexity index is 335. The zero-order valence-electron chi connectivity index (χ0n) is 12.5. The average Bonchev–Trinajstić information content (AvgIpc) is 2.57. The minimum Gasteiger partial charge on any atom is -0.414 e. The first kappa shape index (κ1) is 15.5. The molecular weight excluding hydrogens is 238 g/mol. The summed E-state index contributed by atoms with van der Waals surface area (Å²) in [6.45, 7) is 11.5. The lowest BCUT2D eigenvalue weighted by Gasteiger charge is -2.34. The van der Waals surface area contributed by atoms with Crippen molar-refractivity contribution >= 4 is 8.32 Å². The van der Waals surface area contributed by atoms with Gasteiger partial charge < -0.3 is 4.43 Å². The molecule has 3 heteroatoms. The highest BCUT2D eigenvalue weighted by atomic mass is 28.4. The molecule has 1 aliphatic rings. The van der Waals surface area contributed by atoms with Crippen LogP contribution in [0, 0.1) is 22.7 Å². The van der Waals surface area contributed by atoms with E-state index in [2.05, 4.69) is 39.9 Å². The Kier molecular flexibility index (Phi) is 5.18. The van der Waals surface area contributed by atoms with Crippen LogP contribution >= 0.6 is 0 Å². The van der Waals surface area contributed by atoms with Crippen molar-refractivity contribution in [2.45, 2.75) is 65.3 Å². The summed E-state index contributed by atoms with van der Waals surface area (Å²) in [6.07, 6.45) is 7.55. The maximum Gasteiger partial charge on any atom is 0.187 e. The Morgan fingerprint density at radius 3 is 2.56 bits per heavy atom. The summed E-state index contributed by atoms with van der Waals surface area (Å²) in [7, 11) is -1.60. The van der Waals surface area contributed by atoms with Crippen molar-refractivity contribution in [2.24, 2.45) is 11.3 Å². The molecule has 0 aliphatic heterocycles. The molecule has 0 aromatic rings. The van der Waals surface area contributed by atoms with Crippen molar-refractivity contribution in [1.29, 1.82) is 5.26 Å². The van der Waals surface area contributed by atoms with E-state index in [0.29, 0.717) is 17.4 Å². The first-order chi connectivity index (χ1) is 8.23. The van der Waals surface area contributed by atoms with Gasteiger partial charge >= 0.3 is 0 Å². The van der Waals surface area contributed by atoms with Crippen LogP contribution in [0.2, 0.25) is 19.1 Å². The maximum absolute atomic E-state index is 8.63. The van der Waals surface area contributed by atoms with E-state index in [-0.39, 0.29) is 0 Å². The standard InChI is InChI=1S/C15H27NOSi/c1-15(2,3)12-18(4,5)17-14-10-6-8-13(14)9-7-11-16/h7,9,13-14H,6,8,10,12H2,1-5H3/b9-7-/t13-,14-/m1/s1. The van der Waals surface area contributed by atoms with Gasteiger partial charge in [0.05, 0.1) is 12.2 Å². The van der Waals surface area contributed by atoms with E-state index in [9.17, 15) is 0 Å². The van der Waals surface area contributed by atoms with E-state index in [0.717, 1.165) is 6.42 Å². The lowest BCUT2D eigenvalue weighted by molar-refractivity contribution is 0.164. The smallest absolute Gasteiger partial charge is 0.187 e. The van der Waals surface area contributed by atoms with Crippen LogP contribution in [0.5, 0.6) is 0 Å². The molecule has 0 aromatic carbocycles. The van der Waals surface area contributed by atoms with Crippen molar-refractivity contribution in [1.82, 2.24) is 0 Å². The highest BCUT2D eigenvalue weighted by Gasteiger charge is 2.35. The van der Waals surface area contributed by atoms with Gasteiger partial charge in [-0.05, 0) is 37.4 Å². The fraction of sp³-hybridized carbons (Fsp3) is 0.800. The van der Waals surface area contributed by atoms with Gasteiger partial charge in [-0.2, -0.15) is 5.26 Å². The zero-order chi connectivity index (χ0) is 13.8. The van der Waals surface area contributed by atoms with Gasteiger partial charge in [0.2, 0.25) is 0 Å². The second-order valence-corrected chi connectivity index (χ2v) is 11.3. The number of hydrogen-bond donors (Lipinski definition) is 0. The Labute approximate surface area is 113 Å². The highest BCUT2D eigenvalue weighted by molar-refractivity contribution is 6.71. The molecule has 0 radical (unpaired) electrons. The first-order valence-corrected chi connectivity index (χ1v) is 10.1. The summed E-state index contributed by atoms with van der Waals surface area (Å²) in [6, 6.07) is 3.28. The van der Waals surface area contributed by atoms with Crippen molar-refractivity contribution in [3.63, 3.8) is 0 Å². The molecule has 2 atom stereocenters. The van der Waals surface area contributed by atoms with E-state index < -0.39 is 8.32 Å². The molecule has 0 heterocycles. The summed E-state index contributed by atoms with van der Waals surface area (Å²) in [5.74, 6) is 0.455. The van der Waals surface area contributed by atoms with Crippen LogP contribution in [-0.2, 0) is 4.43 Å². The van der Waals surface area contributed by atoms with Crippen LogP contribution in [0.4, 0.5) is 0 Å². The Morgan fingerprint density at radius 2 is 2.00 bits per heavy atom. The number of nitrogens with zero attached hydrogens (tertiary/aromatic N) is 1. The lowest BCUT2D eigenvalue weighted by Crippen LogP contribution is -2.39. The molecule has 1 rings (SSSR count). The van der Waals surface area contributed by atoms with Crippen LogP contribution in [0.1, 0.15) is 40.0 Å². The molecule has 18 heavy (non-hydrogen) atoms. The van der Waals surface area contributed by atoms with Gasteiger partial charge in [-0.15, -0.1) is 0 Å². The average molecular weight is 265 g/mol. The maximum atomic E-state index is 8.63. The predicted molar refractivity (Wildman–Crippen MR) is 78.7 cm³/mol. The van der Waals surface area contributed by atoms with Crippen molar-refractivity contribution in [2.75, 3.05) is 0 Å². The van der Waals surface area contributed by atoms with E-state index in [1.165, 1.54) is 18.9 Å². The van der Waals surface area contributed by atoms with Gasteiger partial charge in [0.15, 0.2) is 8.32 Å². The molecule has 1 aliphatic carbocycles. The van der Waals surface area contributed by atoms with Crippen LogP contribution in [0.15, 0.2) is 12.2 Å². The van der Waals surface area contributed by atoms with Crippen molar-refractivity contribution < 1.29 is 4.43 Å². The number of hydrogen-bond acceptors (Lipinski definition) is 2. The largest absolute Gasteiger partial charge is 0.414 e. The molecule has 0 unspecified atom stereocenters. The third-order valence-corrected chi connectivity index (χ3v) is 6.20. The molecule has 0 spiro atoms. The third kappa shape index (κ3) is 5.37. The van der Waals surface area contributed by atoms with Gasteiger partial charge in [0, 0.05) is 12.0 Å². The first-order valence-electron chi connectivity index (χ1n) is 6.98. The van der Waals surface area contributed by atoms with Gasteiger partial charge in [-0.25, -0.2) is 0 Å². The van der Waals surface area contributed by atoms with Crippen LogP contribution in [0.25, 0.3) is 0 Å². The van der Waals surface area contributed by atoms with Gasteiger partial charge in [-0.3, -0.25) is 0 Å². The zero-order valence-corrected chi connectivity index (χ0v) is 13.5. The summed E-state index contributed by atoms with van der Waals surface area (Å²) >= 11 is 0. The SMILES string of the molecule is CC(C)(C)C[Si](C)(C)O[C@@H]1CCC[C@@H]1/C=C\C#N. The fourth-order valence-corrected chi connectivity index (χ4v) is 6.97. The van der Waals surface area contributed by atoms with Crippen molar-refractivity contribution in [3.8, 4) is 6.07 Å². The summed E-state index contributed by atoms with van der Waals surface area (Å²) in [5.41, 5.74) is 0.340. The number of rotatable bonds is 4. The molecule has 2 nitrogen and oxygen atoms in total. The third-order valence-electron chi connectivity index (χ3n) is 3.35. The molecule has 102 valence electrons. The Hall–Kier alpha value is -0.593. The molecule has 0 bridgehead atoms. The second-order valence-electron chi connectivity index (χ2n) is 7.24. The Balaban J connectivity index is 2.60. The molecule has 1 saturated carbocycles. The van der Waals surface area contributed by atoms with Crippen LogP contribution in [0.3, 0.4) is 0 Å². The molecule has 0 aromatic heterocycles. The predicted octanol–water partition coefficient (Wildman–Crippen LogP) is 4.50. The molecule has 1 fully saturated rings. The minimum atomic E-state index is -1.60. The highest BCUT2D eigenvalue weighted by Crippen LogP contribution is 2.35. The quantitative estimate of drug-likeness (QED) is 0.554. The van der Waals surface area contributed by atoms with E-state index in [4.69, 9.17) is 9.69 Å². The Morgan fingerprint density at radius 1 is 1.33 bits per heavy atom. The van der Waals surface area contributed by atoms with Crippen LogP contribution in [-0.4, -0.2) is 14.4 Å². The van der Waals surface area contributed by atoms with Crippen molar-refractivity contribution in [3.05, 3.63) is 12.2 Å². The second kappa shape index (κ2) is 6.03. The van der Waals surface area contributed by atoms with Gasteiger partial charge in [0.25, 0.3) is 0 Å². The monoisotopic (exact) mass is 265 g/mol. The van der Waals surface area contributed by atoms with E-state index in [1.807, 2.05) is 6.08 Å². The summed E-state index contributed by atoms with van der Waals surface area (Å²) in [4.78, 5) is 0. The fourth-order valence-electron chi connectivity index (χ4n) is 3.22. The summed E-state index contributed by atoms with van der Waals surface area (Å²) in [5, 5.41) is 8.63. The summed E-state index contributed by atoms with van der Waals surface area (Å²) < 4.78 is 6.46. The van der Waals surface area contributed by atoms with E-state index in [1.54, 1.807) is 6.08 Å². The molecule has 0 amide bonds. The molecular formula is C15H27NOSi. The number of nitriles is 1.